The molecule has 0 spiro atoms. The van der Waals surface area contributed by atoms with E-state index in [-0.39, 0.29) is 11.6 Å². The topological polar surface area (TPSA) is 17.1 Å². The number of alkyl halides is 1. The lowest BCUT2D eigenvalue weighted by atomic mass is 10.1. The Morgan fingerprint density at radius 1 is 1.14 bits per heavy atom. The van der Waals surface area contributed by atoms with Crippen LogP contribution in [0.2, 0.25) is 0 Å². The summed E-state index contributed by atoms with van der Waals surface area (Å²) in [4.78, 5) is 12.0. The van der Waals surface area contributed by atoms with Crippen molar-refractivity contribution in [3.05, 3.63) is 70.5 Å². The van der Waals surface area contributed by atoms with Gasteiger partial charge in [-0.25, -0.2) is 4.39 Å². The summed E-state index contributed by atoms with van der Waals surface area (Å²) >= 11 is 7.30. The SMILES string of the molecule is Cc1cc(C(=O)CSCc2ccc(CCl)cc2)ccc1F. The van der Waals surface area contributed by atoms with Crippen LogP contribution in [0.5, 0.6) is 0 Å². The van der Waals surface area contributed by atoms with Crippen LogP contribution in [0.4, 0.5) is 4.39 Å². The second kappa shape index (κ2) is 7.62. The van der Waals surface area contributed by atoms with Gasteiger partial charge in [-0.05, 0) is 41.8 Å². The number of benzene rings is 2. The lowest BCUT2D eigenvalue weighted by Crippen LogP contribution is -2.03. The van der Waals surface area contributed by atoms with Gasteiger partial charge in [0, 0.05) is 17.2 Å². The molecule has 0 fully saturated rings. The van der Waals surface area contributed by atoms with E-state index < -0.39 is 0 Å². The van der Waals surface area contributed by atoms with Gasteiger partial charge in [-0.1, -0.05) is 24.3 Å². The summed E-state index contributed by atoms with van der Waals surface area (Å²) < 4.78 is 13.2. The number of halogens is 2. The molecule has 1 nitrogen and oxygen atoms in total. The molecule has 0 aliphatic carbocycles. The van der Waals surface area contributed by atoms with E-state index in [0.717, 1.165) is 16.9 Å². The zero-order valence-electron chi connectivity index (χ0n) is 11.7. The van der Waals surface area contributed by atoms with E-state index in [0.29, 0.717) is 22.8 Å². The molecule has 0 N–H and O–H groups in total. The molecule has 0 heterocycles. The van der Waals surface area contributed by atoms with Crippen molar-refractivity contribution >= 4 is 29.1 Å². The Morgan fingerprint density at radius 3 is 2.43 bits per heavy atom. The minimum atomic E-state index is -0.279. The predicted octanol–water partition coefficient (Wildman–Crippen LogP) is 4.99. The smallest absolute Gasteiger partial charge is 0.172 e. The molecule has 0 amide bonds. The number of carbonyl (C=O) groups excluding carboxylic acids is 1. The Kier molecular flexibility index (Phi) is 5.83. The summed E-state index contributed by atoms with van der Waals surface area (Å²) in [5.41, 5.74) is 3.32. The van der Waals surface area contributed by atoms with Crippen LogP contribution in [0, 0.1) is 12.7 Å². The van der Waals surface area contributed by atoms with Crippen LogP contribution >= 0.6 is 23.4 Å². The van der Waals surface area contributed by atoms with Gasteiger partial charge in [0.05, 0.1) is 5.75 Å². The first-order valence-electron chi connectivity index (χ1n) is 6.61. The summed E-state index contributed by atoms with van der Waals surface area (Å²) in [5, 5.41) is 0. The maximum Gasteiger partial charge on any atom is 0.172 e. The minimum Gasteiger partial charge on any atom is -0.293 e. The molecular weight excluding hydrogens is 307 g/mol. The third-order valence-electron chi connectivity index (χ3n) is 3.16. The van der Waals surface area contributed by atoms with Crippen molar-refractivity contribution in [2.45, 2.75) is 18.6 Å². The fourth-order valence-electron chi connectivity index (χ4n) is 1.89. The Hall–Kier alpha value is -1.32. The zero-order valence-corrected chi connectivity index (χ0v) is 13.3. The van der Waals surface area contributed by atoms with Crippen LogP contribution in [-0.4, -0.2) is 11.5 Å². The summed E-state index contributed by atoms with van der Waals surface area (Å²) in [6.07, 6.45) is 0. The third kappa shape index (κ3) is 4.58. The van der Waals surface area contributed by atoms with Crippen LogP contribution in [-0.2, 0) is 11.6 Å². The van der Waals surface area contributed by atoms with E-state index in [9.17, 15) is 9.18 Å². The molecule has 0 saturated carbocycles. The standard InChI is InChI=1S/C17H16ClFOS/c1-12-8-15(6-7-16(12)19)17(20)11-21-10-14-4-2-13(9-18)3-5-14/h2-8H,9-11H2,1H3. The molecule has 0 bridgehead atoms. The summed E-state index contributed by atoms with van der Waals surface area (Å²) in [7, 11) is 0. The first-order valence-corrected chi connectivity index (χ1v) is 8.30. The van der Waals surface area contributed by atoms with Crippen molar-refractivity contribution < 1.29 is 9.18 Å². The van der Waals surface area contributed by atoms with E-state index >= 15 is 0 Å². The number of hydrogen-bond donors (Lipinski definition) is 0. The van der Waals surface area contributed by atoms with Gasteiger partial charge in [0.1, 0.15) is 5.82 Å². The maximum atomic E-state index is 13.2. The number of carbonyl (C=O) groups is 1. The fraction of sp³-hybridized carbons (Fsp3) is 0.235. The van der Waals surface area contributed by atoms with Gasteiger partial charge in [0.25, 0.3) is 0 Å². The van der Waals surface area contributed by atoms with Crippen LogP contribution in [0.15, 0.2) is 42.5 Å². The lowest BCUT2D eigenvalue weighted by molar-refractivity contribution is 0.102. The highest BCUT2D eigenvalue weighted by atomic mass is 35.5. The predicted molar refractivity (Wildman–Crippen MR) is 87.6 cm³/mol. The van der Waals surface area contributed by atoms with Gasteiger partial charge in [-0.3, -0.25) is 4.79 Å². The Labute approximate surface area is 133 Å². The highest BCUT2D eigenvalue weighted by molar-refractivity contribution is 7.99. The second-order valence-electron chi connectivity index (χ2n) is 4.83. The monoisotopic (exact) mass is 322 g/mol. The van der Waals surface area contributed by atoms with E-state index in [1.807, 2.05) is 24.3 Å². The van der Waals surface area contributed by atoms with Gasteiger partial charge in [-0.15, -0.1) is 23.4 Å². The number of Topliss-reactive ketones (excluding diaryl/α,β-unsaturated/α-hetero) is 1. The third-order valence-corrected chi connectivity index (χ3v) is 4.47. The van der Waals surface area contributed by atoms with Crippen LogP contribution in [0.1, 0.15) is 27.0 Å². The van der Waals surface area contributed by atoms with Crippen molar-refractivity contribution in [2.24, 2.45) is 0 Å². The Morgan fingerprint density at radius 2 is 1.81 bits per heavy atom. The highest BCUT2D eigenvalue weighted by Crippen LogP contribution is 2.17. The van der Waals surface area contributed by atoms with Crippen molar-refractivity contribution in [3.8, 4) is 0 Å². The molecule has 0 aliphatic rings. The molecule has 0 radical (unpaired) electrons. The van der Waals surface area contributed by atoms with Crippen molar-refractivity contribution in [3.63, 3.8) is 0 Å². The Bertz CT molecular complexity index is 625. The summed E-state index contributed by atoms with van der Waals surface area (Å²) in [6.45, 7) is 1.66. The van der Waals surface area contributed by atoms with Gasteiger partial charge in [0.2, 0.25) is 0 Å². The van der Waals surface area contributed by atoms with Crippen LogP contribution < -0.4 is 0 Å². The molecule has 0 aromatic heterocycles. The summed E-state index contributed by atoms with van der Waals surface area (Å²) in [5.74, 6) is 1.42. The first-order chi connectivity index (χ1) is 10.1. The maximum absolute atomic E-state index is 13.2. The number of rotatable bonds is 6. The van der Waals surface area contributed by atoms with E-state index in [2.05, 4.69) is 0 Å². The van der Waals surface area contributed by atoms with Crippen LogP contribution in [0.3, 0.4) is 0 Å². The van der Waals surface area contributed by atoms with E-state index in [1.54, 1.807) is 30.8 Å². The lowest BCUT2D eigenvalue weighted by Gasteiger charge is -2.04. The molecule has 2 rings (SSSR count). The molecule has 110 valence electrons. The molecule has 0 atom stereocenters. The minimum absolute atomic E-state index is 0.0282. The van der Waals surface area contributed by atoms with Crippen molar-refractivity contribution in [1.82, 2.24) is 0 Å². The molecule has 2 aromatic rings. The number of ketones is 1. The quantitative estimate of drug-likeness (QED) is 0.550. The first kappa shape index (κ1) is 16.1. The summed E-state index contributed by atoms with van der Waals surface area (Å²) in [6, 6.07) is 12.5. The number of thioether (sulfide) groups is 1. The van der Waals surface area contributed by atoms with E-state index in [1.165, 1.54) is 6.07 Å². The van der Waals surface area contributed by atoms with Gasteiger partial charge >= 0.3 is 0 Å². The number of aryl methyl sites for hydroxylation is 1. The highest BCUT2D eigenvalue weighted by Gasteiger charge is 2.08. The molecule has 0 unspecified atom stereocenters. The molecule has 0 saturated heterocycles. The number of hydrogen-bond acceptors (Lipinski definition) is 2. The van der Waals surface area contributed by atoms with Gasteiger partial charge in [0.15, 0.2) is 5.78 Å². The van der Waals surface area contributed by atoms with E-state index in [4.69, 9.17) is 11.6 Å². The second-order valence-corrected chi connectivity index (χ2v) is 6.08. The van der Waals surface area contributed by atoms with Gasteiger partial charge in [-0.2, -0.15) is 0 Å². The molecule has 2 aromatic carbocycles. The van der Waals surface area contributed by atoms with Gasteiger partial charge < -0.3 is 0 Å². The fourth-order valence-corrected chi connectivity index (χ4v) is 2.95. The molecule has 21 heavy (non-hydrogen) atoms. The Balaban J connectivity index is 1.87. The average molecular weight is 323 g/mol. The van der Waals surface area contributed by atoms with Crippen molar-refractivity contribution in [1.29, 1.82) is 0 Å². The molecule has 0 aliphatic heterocycles. The largest absolute Gasteiger partial charge is 0.293 e. The zero-order chi connectivity index (χ0) is 15.2. The molecular formula is C17H16ClFOS. The van der Waals surface area contributed by atoms with Crippen LogP contribution in [0.25, 0.3) is 0 Å². The normalized spacial score (nSPS) is 10.6. The average Bonchev–Trinajstić information content (AvgIpc) is 2.50. The molecule has 4 heteroatoms. The van der Waals surface area contributed by atoms with Crippen molar-refractivity contribution in [2.75, 3.05) is 5.75 Å².